The highest BCUT2D eigenvalue weighted by atomic mass is 32.2. The average molecular weight is 389 g/mol. The first-order chi connectivity index (χ1) is 13.2. The lowest BCUT2D eigenvalue weighted by Crippen LogP contribution is -2.18. The van der Waals surface area contributed by atoms with Crippen LogP contribution in [0.3, 0.4) is 0 Å². The molecule has 0 saturated heterocycles. The smallest absolute Gasteiger partial charge is 0.136 e. The van der Waals surface area contributed by atoms with Gasteiger partial charge in [0, 0.05) is 28.7 Å². The van der Waals surface area contributed by atoms with Crippen LogP contribution in [0.5, 0.6) is 5.75 Å². The molecule has 2 aliphatic carbocycles. The van der Waals surface area contributed by atoms with Gasteiger partial charge in [0.15, 0.2) is 0 Å². The Morgan fingerprint density at radius 3 is 2.85 bits per heavy atom. The molecule has 1 aromatic carbocycles. The fourth-order valence-electron chi connectivity index (χ4n) is 5.25. The highest BCUT2D eigenvalue weighted by molar-refractivity contribution is 7.99. The van der Waals surface area contributed by atoms with Crippen molar-refractivity contribution in [3.63, 3.8) is 0 Å². The largest absolute Gasteiger partial charge is 0.488 e. The fourth-order valence-corrected chi connectivity index (χ4v) is 6.03. The third-order valence-electron chi connectivity index (χ3n) is 6.53. The van der Waals surface area contributed by atoms with Gasteiger partial charge in [-0.2, -0.15) is 0 Å². The second kappa shape index (κ2) is 8.59. The number of benzene rings is 1. The van der Waals surface area contributed by atoms with Crippen molar-refractivity contribution in [2.24, 2.45) is 11.8 Å². The molecule has 2 N–H and O–H groups in total. The standard InChI is InChI=1S/C23H32O3S/c1-2-27-21-10-6-9-18-22-17(19(25)14-20(22)26-23(18)21)12-11-16(24)13-15-7-4-3-5-8-15/h6,9-12,15-17,19-20,22,24-25H,2-5,7-8,13-14H2,1H3/b12-11+/t16?,17-,19+,20-,22-/m0/s1. The van der Waals surface area contributed by atoms with Crippen LogP contribution in [0.4, 0.5) is 0 Å². The molecule has 2 fully saturated rings. The lowest BCUT2D eigenvalue weighted by molar-refractivity contribution is 0.134. The Labute approximate surface area is 167 Å². The summed E-state index contributed by atoms with van der Waals surface area (Å²) in [5.41, 5.74) is 1.23. The molecule has 1 unspecified atom stereocenters. The summed E-state index contributed by atoms with van der Waals surface area (Å²) < 4.78 is 6.27. The molecule has 27 heavy (non-hydrogen) atoms. The van der Waals surface area contributed by atoms with Crippen LogP contribution in [0, 0.1) is 11.8 Å². The minimum Gasteiger partial charge on any atom is -0.488 e. The van der Waals surface area contributed by atoms with Crippen LogP contribution in [0.15, 0.2) is 35.2 Å². The molecular formula is C23H32O3S. The Morgan fingerprint density at radius 2 is 2.07 bits per heavy atom. The lowest BCUT2D eigenvalue weighted by atomic mass is 9.84. The molecule has 0 amide bonds. The monoisotopic (exact) mass is 388 g/mol. The van der Waals surface area contributed by atoms with E-state index in [0.717, 1.165) is 17.9 Å². The quantitative estimate of drug-likeness (QED) is 0.537. The number of ether oxygens (including phenoxy) is 1. The number of aliphatic hydroxyl groups excluding tert-OH is 2. The van der Waals surface area contributed by atoms with Gasteiger partial charge in [0.05, 0.1) is 12.2 Å². The van der Waals surface area contributed by atoms with Crippen molar-refractivity contribution in [1.29, 1.82) is 0 Å². The first-order valence-corrected chi connectivity index (χ1v) is 11.6. The third kappa shape index (κ3) is 4.08. The van der Waals surface area contributed by atoms with E-state index >= 15 is 0 Å². The van der Waals surface area contributed by atoms with Crippen LogP contribution in [-0.4, -0.2) is 34.3 Å². The van der Waals surface area contributed by atoms with Crippen molar-refractivity contribution < 1.29 is 14.9 Å². The summed E-state index contributed by atoms with van der Waals surface area (Å²) in [7, 11) is 0. The minimum absolute atomic E-state index is 0.0270. The van der Waals surface area contributed by atoms with Crippen molar-refractivity contribution in [1.82, 2.24) is 0 Å². The van der Waals surface area contributed by atoms with Crippen molar-refractivity contribution in [3.05, 3.63) is 35.9 Å². The second-order valence-electron chi connectivity index (χ2n) is 8.36. The van der Waals surface area contributed by atoms with Crippen LogP contribution in [0.1, 0.15) is 63.4 Å². The SMILES string of the molecule is CCSc1cccc2c1O[C@H]1C[C@@H](O)[C@H](/C=C/C(O)CC3CCCCC3)[C@@H]21. The number of thioether (sulfide) groups is 1. The maximum absolute atomic E-state index is 10.6. The molecule has 0 spiro atoms. The minimum atomic E-state index is -0.400. The van der Waals surface area contributed by atoms with Gasteiger partial charge in [-0.3, -0.25) is 0 Å². The summed E-state index contributed by atoms with van der Waals surface area (Å²) >= 11 is 1.81. The molecule has 0 radical (unpaired) electrons. The summed E-state index contributed by atoms with van der Waals surface area (Å²) in [5, 5.41) is 21.1. The topological polar surface area (TPSA) is 49.7 Å². The van der Waals surface area contributed by atoms with Gasteiger partial charge >= 0.3 is 0 Å². The van der Waals surface area contributed by atoms with Crippen molar-refractivity contribution in [3.8, 4) is 5.75 Å². The number of hydrogen-bond donors (Lipinski definition) is 2. The molecule has 3 nitrogen and oxygen atoms in total. The first kappa shape index (κ1) is 19.4. The maximum atomic E-state index is 10.6. The van der Waals surface area contributed by atoms with E-state index in [1.165, 1.54) is 42.6 Å². The van der Waals surface area contributed by atoms with E-state index in [-0.39, 0.29) is 17.9 Å². The van der Waals surface area contributed by atoms with E-state index in [2.05, 4.69) is 31.2 Å². The van der Waals surface area contributed by atoms with Crippen LogP contribution < -0.4 is 4.74 Å². The second-order valence-corrected chi connectivity index (χ2v) is 9.67. The van der Waals surface area contributed by atoms with E-state index in [1.807, 2.05) is 17.8 Å². The molecule has 3 aliphatic rings. The van der Waals surface area contributed by atoms with Crippen LogP contribution in [0.2, 0.25) is 0 Å². The summed E-state index contributed by atoms with van der Waals surface area (Å²) in [6.45, 7) is 2.16. The van der Waals surface area contributed by atoms with E-state index in [0.29, 0.717) is 12.3 Å². The zero-order valence-electron chi connectivity index (χ0n) is 16.2. The normalized spacial score (nSPS) is 31.7. The van der Waals surface area contributed by atoms with Gasteiger partial charge in [0.25, 0.3) is 0 Å². The van der Waals surface area contributed by atoms with Gasteiger partial charge in [0.1, 0.15) is 11.9 Å². The van der Waals surface area contributed by atoms with Gasteiger partial charge in [0.2, 0.25) is 0 Å². The number of rotatable bonds is 6. The Morgan fingerprint density at radius 1 is 1.26 bits per heavy atom. The third-order valence-corrected chi connectivity index (χ3v) is 7.45. The molecule has 1 heterocycles. The van der Waals surface area contributed by atoms with Gasteiger partial charge in [-0.25, -0.2) is 0 Å². The Balaban J connectivity index is 1.47. The van der Waals surface area contributed by atoms with Crippen LogP contribution in [-0.2, 0) is 0 Å². The number of fused-ring (bicyclic) bond motifs is 3. The molecule has 4 rings (SSSR count). The predicted octanol–water partition coefficient (Wildman–Crippen LogP) is 4.91. The van der Waals surface area contributed by atoms with E-state index in [4.69, 9.17) is 4.74 Å². The maximum Gasteiger partial charge on any atom is 0.136 e. The first-order valence-electron chi connectivity index (χ1n) is 10.6. The summed E-state index contributed by atoms with van der Waals surface area (Å²) in [6, 6.07) is 6.38. The predicted molar refractivity (Wildman–Crippen MR) is 110 cm³/mol. The molecule has 2 saturated carbocycles. The molecular weight excluding hydrogens is 356 g/mol. The Kier molecular flexibility index (Phi) is 6.15. The summed E-state index contributed by atoms with van der Waals surface area (Å²) in [5.74, 6) is 2.93. The number of aliphatic hydroxyl groups is 2. The lowest BCUT2D eigenvalue weighted by Gasteiger charge is -2.23. The van der Waals surface area contributed by atoms with Gasteiger partial charge < -0.3 is 14.9 Å². The summed E-state index contributed by atoms with van der Waals surface area (Å²) in [4.78, 5) is 1.21. The number of hydrogen-bond acceptors (Lipinski definition) is 4. The number of para-hydroxylation sites is 1. The van der Waals surface area contributed by atoms with E-state index in [1.54, 1.807) is 0 Å². The van der Waals surface area contributed by atoms with Crippen molar-refractivity contribution >= 4 is 11.8 Å². The zero-order chi connectivity index (χ0) is 18.8. The molecule has 1 aliphatic heterocycles. The van der Waals surface area contributed by atoms with Crippen molar-refractivity contribution in [2.45, 2.75) is 81.0 Å². The van der Waals surface area contributed by atoms with Gasteiger partial charge in [-0.1, -0.05) is 63.3 Å². The fraction of sp³-hybridized carbons (Fsp3) is 0.652. The highest BCUT2D eigenvalue weighted by Crippen LogP contribution is 2.53. The van der Waals surface area contributed by atoms with E-state index in [9.17, 15) is 10.2 Å². The van der Waals surface area contributed by atoms with Crippen LogP contribution >= 0.6 is 11.8 Å². The average Bonchev–Trinajstić information content (AvgIpc) is 3.17. The van der Waals surface area contributed by atoms with Gasteiger partial charge in [-0.05, 0) is 24.2 Å². The highest BCUT2D eigenvalue weighted by Gasteiger charge is 2.49. The molecule has 148 valence electrons. The Bertz CT molecular complexity index is 668. The zero-order valence-corrected chi connectivity index (χ0v) is 17.0. The van der Waals surface area contributed by atoms with Crippen LogP contribution in [0.25, 0.3) is 0 Å². The Hall–Kier alpha value is -0.970. The van der Waals surface area contributed by atoms with E-state index < -0.39 is 12.2 Å². The van der Waals surface area contributed by atoms with Crippen molar-refractivity contribution in [2.75, 3.05) is 5.75 Å². The van der Waals surface area contributed by atoms with Gasteiger partial charge in [-0.15, -0.1) is 11.8 Å². The molecule has 5 atom stereocenters. The molecule has 0 aromatic heterocycles. The molecule has 0 bridgehead atoms. The molecule has 1 aromatic rings. The summed E-state index contributed by atoms with van der Waals surface area (Å²) in [6.07, 6.45) is 11.3. The molecule has 4 heteroatoms.